The van der Waals surface area contributed by atoms with Gasteiger partial charge in [-0.3, -0.25) is 4.57 Å². The van der Waals surface area contributed by atoms with Crippen molar-refractivity contribution >= 4 is 11.8 Å². The Morgan fingerprint density at radius 1 is 1.10 bits per heavy atom. The summed E-state index contributed by atoms with van der Waals surface area (Å²) in [7, 11) is 0. The molecule has 0 fully saturated rings. The molecule has 2 aromatic heterocycles. The molecule has 4 rings (SSSR count). The molecular weight excluding hydrogens is 401 g/mol. The lowest BCUT2D eigenvalue weighted by molar-refractivity contribution is -0.137. The molecule has 29 heavy (non-hydrogen) atoms. The van der Waals surface area contributed by atoms with Gasteiger partial charge in [0.2, 0.25) is 0 Å². The van der Waals surface area contributed by atoms with E-state index < -0.39 is 11.7 Å². The molecule has 0 amide bonds. The summed E-state index contributed by atoms with van der Waals surface area (Å²) in [5.41, 5.74) is 1.83. The van der Waals surface area contributed by atoms with E-state index in [9.17, 15) is 18.0 Å². The van der Waals surface area contributed by atoms with Crippen LogP contribution in [0.2, 0.25) is 0 Å². The fourth-order valence-electron chi connectivity index (χ4n) is 3.53. The van der Waals surface area contributed by atoms with Crippen molar-refractivity contribution in [3.8, 4) is 0 Å². The molecule has 152 valence electrons. The van der Waals surface area contributed by atoms with Crippen LogP contribution in [-0.2, 0) is 31.3 Å². The van der Waals surface area contributed by atoms with Crippen LogP contribution in [-0.4, -0.2) is 9.55 Å². The van der Waals surface area contributed by atoms with E-state index in [0.717, 1.165) is 54.6 Å². The average molecular weight is 420 g/mol. The van der Waals surface area contributed by atoms with Gasteiger partial charge in [0, 0.05) is 17.0 Å². The monoisotopic (exact) mass is 420 g/mol. The topological polar surface area (TPSA) is 48.0 Å². The summed E-state index contributed by atoms with van der Waals surface area (Å²) in [6.45, 7) is 0.352. The second-order valence-corrected chi connectivity index (χ2v) is 7.94. The molecule has 0 saturated carbocycles. The third-order valence-corrected chi connectivity index (χ3v) is 6.09. The van der Waals surface area contributed by atoms with Crippen LogP contribution in [0.25, 0.3) is 0 Å². The van der Waals surface area contributed by atoms with Gasteiger partial charge in [-0.1, -0.05) is 12.1 Å². The van der Waals surface area contributed by atoms with Gasteiger partial charge in [-0.15, -0.1) is 11.8 Å². The second-order valence-electron chi connectivity index (χ2n) is 6.98. The average Bonchev–Trinajstić information content (AvgIpc) is 3.22. The highest BCUT2D eigenvalue weighted by atomic mass is 32.2. The van der Waals surface area contributed by atoms with Crippen LogP contribution in [0.15, 0.2) is 56.9 Å². The molecule has 0 unspecified atom stereocenters. The number of hydrogen-bond acceptors (Lipinski definition) is 4. The van der Waals surface area contributed by atoms with Crippen molar-refractivity contribution in [3.63, 3.8) is 0 Å². The largest absolute Gasteiger partial charge is 0.467 e. The zero-order valence-corrected chi connectivity index (χ0v) is 16.4. The normalized spacial score (nSPS) is 14.0. The van der Waals surface area contributed by atoms with E-state index in [1.54, 1.807) is 16.9 Å². The number of thioether (sulfide) groups is 1. The van der Waals surface area contributed by atoms with Crippen LogP contribution in [0.3, 0.4) is 0 Å². The fourth-order valence-corrected chi connectivity index (χ4v) is 4.56. The maximum Gasteiger partial charge on any atom is 0.416 e. The van der Waals surface area contributed by atoms with Crippen LogP contribution >= 0.6 is 11.8 Å². The quantitative estimate of drug-likeness (QED) is 0.427. The van der Waals surface area contributed by atoms with Gasteiger partial charge in [0.25, 0.3) is 0 Å². The number of fused-ring (bicyclic) bond motifs is 1. The molecule has 0 saturated heterocycles. The Morgan fingerprint density at radius 2 is 1.86 bits per heavy atom. The maximum atomic E-state index is 12.7. The first-order chi connectivity index (χ1) is 13.9. The first kappa shape index (κ1) is 19.8. The van der Waals surface area contributed by atoms with Gasteiger partial charge in [-0.2, -0.15) is 18.2 Å². The predicted octanol–water partition coefficient (Wildman–Crippen LogP) is 5.07. The number of furan rings is 1. The SMILES string of the molecule is O=c1nc(SCc2ccc(C(F)(F)F)cc2)c2c(n1Cc1ccco1)CCCC2. The van der Waals surface area contributed by atoms with Gasteiger partial charge >= 0.3 is 11.9 Å². The van der Waals surface area contributed by atoms with Crippen molar-refractivity contribution in [1.82, 2.24) is 9.55 Å². The van der Waals surface area contributed by atoms with Gasteiger partial charge in [0.1, 0.15) is 10.8 Å². The number of nitrogens with zero attached hydrogens (tertiary/aromatic N) is 2. The number of hydrogen-bond donors (Lipinski definition) is 0. The summed E-state index contributed by atoms with van der Waals surface area (Å²) >= 11 is 1.40. The van der Waals surface area contributed by atoms with E-state index in [1.165, 1.54) is 23.9 Å². The maximum absolute atomic E-state index is 12.7. The molecular formula is C21H19F3N2O2S. The Hall–Kier alpha value is -2.48. The first-order valence-corrected chi connectivity index (χ1v) is 10.3. The highest BCUT2D eigenvalue weighted by Gasteiger charge is 2.30. The van der Waals surface area contributed by atoms with E-state index in [2.05, 4.69) is 4.98 Å². The van der Waals surface area contributed by atoms with Crippen molar-refractivity contribution in [1.29, 1.82) is 0 Å². The molecule has 1 aliphatic rings. The van der Waals surface area contributed by atoms with Crippen molar-refractivity contribution in [2.24, 2.45) is 0 Å². The third kappa shape index (κ3) is 4.42. The Labute approximate surface area is 169 Å². The lowest BCUT2D eigenvalue weighted by Gasteiger charge is -2.22. The minimum Gasteiger partial charge on any atom is -0.467 e. The van der Waals surface area contributed by atoms with Crippen LogP contribution in [0.4, 0.5) is 13.2 Å². The lowest BCUT2D eigenvalue weighted by Crippen LogP contribution is -2.30. The van der Waals surface area contributed by atoms with E-state index in [4.69, 9.17) is 4.42 Å². The number of alkyl halides is 3. The standard InChI is InChI=1S/C21H19F3N2O2S/c22-21(23,24)15-9-7-14(8-10-15)13-29-19-17-5-1-2-6-18(17)26(20(27)25-19)12-16-4-3-11-28-16/h3-4,7-11H,1-2,5-6,12-13H2. The highest BCUT2D eigenvalue weighted by Crippen LogP contribution is 2.32. The van der Waals surface area contributed by atoms with Gasteiger partial charge in [0.15, 0.2) is 0 Å². The second kappa shape index (κ2) is 8.10. The summed E-state index contributed by atoms with van der Waals surface area (Å²) in [5, 5.41) is 0.681. The molecule has 4 nitrogen and oxygen atoms in total. The Morgan fingerprint density at radius 3 is 2.55 bits per heavy atom. The van der Waals surface area contributed by atoms with Crippen LogP contribution < -0.4 is 5.69 Å². The van der Waals surface area contributed by atoms with Crippen molar-refractivity contribution in [2.45, 2.75) is 49.2 Å². The summed E-state index contributed by atoms with van der Waals surface area (Å²) in [4.78, 5) is 17.0. The van der Waals surface area contributed by atoms with Crippen molar-refractivity contribution in [3.05, 3.63) is 81.3 Å². The predicted molar refractivity (Wildman–Crippen MR) is 104 cm³/mol. The minimum absolute atomic E-state index is 0.322. The van der Waals surface area contributed by atoms with Crippen LogP contribution in [0, 0.1) is 0 Å². The molecule has 0 radical (unpaired) electrons. The Kier molecular flexibility index (Phi) is 5.54. The highest BCUT2D eigenvalue weighted by molar-refractivity contribution is 7.98. The van der Waals surface area contributed by atoms with E-state index >= 15 is 0 Å². The smallest absolute Gasteiger partial charge is 0.416 e. The lowest BCUT2D eigenvalue weighted by atomic mass is 9.97. The third-order valence-electron chi connectivity index (χ3n) is 5.00. The molecule has 0 bridgehead atoms. The zero-order chi connectivity index (χ0) is 20.4. The first-order valence-electron chi connectivity index (χ1n) is 9.36. The van der Waals surface area contributed by atoms with Gasteiger partial charge < -0.3 is 4.42 Å². The number of benzene rings is 1. The molecule has 2 heterocycles. The van der Waals surface area contributed by atoms with Crippen molar-refractivity contribution < 1.29 is 17.6 Å². The zero-order valence-electron chi connectivity index (χ0n) is 15.5. The van der Waals surface area contributed by atoms with E-state index in [-0.39, 0.29) is 5.69 Å². The molecule has 1 aliphatic carbocycles. The molecule has 8 heteroatoms. The van der Waals surface area contributed by atoms with Gasteiger partial charge in [0.05, 0.1) is 18.4 Å². The number of halogens is 3. The van der Waals surface area contributed by atoms with Crippen LogP contribution in [0.1, 0.15) is 41.0 Å². The summed E-state index contributed by atoms with van der Waals surface area (Å²) < 4.78 is 45.2. The number of aromatic nitrogens is 2. The Bertz CT molecular complexity index is 1040. The van der Waals surface area contributed by atoms with Gasteiger partial charge in [-0.05, 0) is 55.5 Å². The van der Waals surface area contributed by atoms with E-state index in [1.807, 2.05) is 6.07 Å². The van der Waals surface area contributed by atoms with Crippen molar-refractivity contribution in [2.75, 3.05) is 0 Å². The number of rotatable bonds is 5. The fraction of sp³-hybridized carbons (Fsp3) is 0.333. The molecule has 3 aromatic rings. The minimum atomic E-state index is -4.34. The summed E-state index contributed by atoms with van der Waals surface area (Å²) in [5.74, 6) is 1.16. The molecule has 0 aliphatic heterocycles. The molecule has 0 N–H and O–H groups in total. The summed E-state index contributed by atoms with van der Waals surface area (Å²) in [6.07, 6.45) is 0.927. The molecule has 0 spiro atoms. The van der Waals surface area contributed by atoms with Gasteiger partial charge in [-0.25, -0.2) is 4.79 Å². The molecule has 1 aromatic carbocycles. The van der Waals surface area contributed by atoms with E-state index in [0.29, 0.717) is 23.1 Å². The molecule has 0 atom stereocenters. The van der Waals surface area contributed by atoms with Crippen LogP contribution in [0.5, 0.6) is 0 Å². The summed E-state index contributed by atoms with van der Waals surface area (Å²) in [6, 6.07) is 8.73. The Balaban J connectivity index is 1.58.